The van der Waals surface area contributed by atoms with E-state index >= 15 is 4.39 Å². The van der Waals surface area contributed by atoms with Crippen LogP contribution in [0.1, 0.15) is 0 Å². The number of rotatable bonds is 18. The molecule has 0 atom stereocenters. The van der Waals surface area contributed by atoms with Crippen LogP contribution in [0, 0.1) is 5.82 Å². The van der Waals surface area contributed by atoms with Gasteiger partial charge in [-0.25, -0.2) is 23.6 Å². The summed E-state index contributed by atoms with van der Waals surface area (Å²) >= 11 is 0. The predicted molar refractivity (Wildman–Crippen MR) is 184 cm³/mol. The fourth-order valence-electron chi connectivity index (χ4n) is 4.26. The normalized spacial score (nSPS) is 10.5. The Morgan fingerprint density at radius 2 is 0.843 bits per heavy atom. The number of hydrogen-bond acceptors (Lipinski definition) is 12. The van der Waals surface area contributed by atoms with Gasteiger partial charge in [0.05, 0.1) is 48.7 Å². The molecule has 0 heterocycles. The minimum atomic E-state index is -0.943. The standard InChI is InChI=1S/C38H37FO12/c1-22(18-44-5)35(40)48-28-12-9-26(10-13-28)29-16-34(51-38(43)25(4)21-47-8)30(17-33(29)50-37(42)24(3)20-46-7)27-11-14-32(31(39)15-27)49-36(41)23(2)19-45-6/h9-17H,1-4,18-21H2,5-8H3. The third-order valence-corrected chi connectivity index (χ3v) is 6.74. The maximum absolute atomic E-state index is 15.4. The monoisotopic (exact) mass is 704 g/mol. The second-order valence-corrected chi connectivity index (χ2v) is 10.7. The highest BCUT2D eigenvalue weighted by molar-refractivity contribution is 5.95. The van der Waals surface area contributed by atoms with Gasteiger partial charge in [-0.3, -0.25) is 0 Å². The Kier molecular flexibility index (Phi) is 14.7. The molecule has 0 spiro atoms. The van der Waals surface area contributed by atoms with Gasteiger partial charge in [0.15, 0.2) is 11.6 Å². The van der Waals surface area contributed by atoms with Gasteiger partial charge in [0.1, 0.15) is 17.2 Å². The second kappa shape index (κ2) is 18.9. The first-order valence-electron chi connectivity index (χ1n) is 15.0. The topological polar surface area (TPSA) is 142 Å². The highest BCUT2D eigenvalue weighted by Gasteiger charge is 2.23. The van der Waals surface area contributed by atoms with E-state index in [4.69, 9.17) is 37.9 Å². The second-order valence-electron chi connectivity index (χ2n) is 10.7. The molecular weight excluding hydrogens is 667 g/mol. The number of carbonyl (C=O) groups excluding carboxylic acids is 4. The van der Waals surface area contributed by atoms with E-state index in [1.54, 1.807) is 12.1 Å². The molecule has 0 N–H and O–H groups in total. The van der Waals surface area contributed by atoms with Crippen LogP contribution in [-0.4, -0.2) is 78.7 Å². The van der Waals surface area contributed by atoms with Gasteiger partial charge in [-0.15, -0.1) is 0 Å². The van der Waals surface area contributed by atoms with Crippen molar-refractivity contribution in [3.05, 3.63) is 109 Å². The molecule has 51 heavy (non-hydrogen) atoms. The number of hydrogen-bond donors (Lipinski definition) is 0. The molecule has 0 bridgehead atoms. The maximum Gasteiger partial charge on any atom is 0.341 e. The Bertz CT molecular complexity index is 1840. The van der Waals surface area contributed by atoms with Crippen molar-refractivity contribution in [1.82, 2.24) is 0 Å². The van der Waals surface area contributed by atoms with Gasteiger partial charge in [0.2, 0.25) is 0 Å². The van der Waals surface area contributed by atoms with Gasteiger partial charge in [-0.1, -0.05) is 44.5 Å². The Balaban J connectivity index is 2.19. The molecular formula is C38H37FO12. The zero-order chi connectivity index (χ0) is 37.7. The summed E-state index contributed by atoms with van der Waals surface area (Å²) in [5.41, 5.74) is 0.928. The zero-order valence-corrected chi connectivity index (χ0v) is 28.6. The number of halogens is 1. The van der Waals surface area contributed by atoms with Crippen molar-refractivity contribution in [2.24, 2.45) is 0 Å². The van der Waals surface area contributed by atoms with Crippen molar-refractivity contribution < 1.29 is 61.5 Å². The first-order valence-corrected chi connectivity index (χ1v) is 15.0. The van der Waals surface area contributed by atoms with Crippen molar-refractivity contribution in [3.8, 4) is 45.3 Å². The Morgan fingerprint density at radius 3 is 1.24 bits per heavy atom. The number of carbonyl (C=O) groups is 4. The lowest BCUT2D eigenvalue weighted by Gasteiger charge is -2.18. The molecule has 0 aliphatic carbocycles. The molecule has 3 rings (SSSR count). The lowest BCUT2D eigenvalue weighted by Crippen LogP contribution is -2.16. The van der Waals surface area contributed by atoms with Gasteiger partial charge < -0.3 is 37.9 Å². The number of ether oxygens (including phenoxy) is 8. The largest absolute Gasteiger partial charge is 0.423 e. The first-order chi connectivity index (χ1) is 24.3. The van der Waals surface area contributed by atoms with Gasteiger partial charge in [-0.05, 0) is 47.5 Å². The van der Waals surface area contributed by atoms with Crippen LogP contribution in [0.2, 0.25) is 0 Å². The molecule has 0 saturated heterocycles. The van der Waals surface area contributed by atoms with E-state index in [1.165, 1.54) is 64.8 Å². The van der Waals surface area contributed by atoms with Crippen LogP contribution in [0.4, 0.5) is 4.39 Å². The fourth-order valence-corrected chi connectivity index (χ4v) is 4.26. The average Bonchev–Trinajstić information content (AvgIpc) is 3.10. The number of esters is 4. The lowest BCUT2D eigenvalue weighted by atomic mass is 9.97. The fraction of sp³-hybridized carbons (Fsp3) is 0.211. The molecule has 0 aromatic heterocycles. The lowest BCUT2D eigenvalue weighted by molar-refractivity contribution is -0.131. The molecule has 0 radical (unpaired) electrons. The minimum absolute atomic E-state index is 0.0119. The Hall–Kier alpha value is -5.73. The summed E-state index contributed by atoms with van der Waals surface area (Å²) in [6, 6.07) is 12.5. The van der Waals surface area contributed by atoms with E-state index in [-0.39, 0.29) is 82.7 Å². The highest BCUT2D eigenvalue weighted by Crippen LogP contribution is 2.43. The highest BCUT2D eigenvalue weighted by atomic mass is 19.1. The van der Waals surface area contributed by atoms with E-state index < -0.39 is 35.4 Å². The van der Waals surface area contributed by atoms with Crippen LogP contribution in [0.5, 0.6) is 23.0 Å². The molecule has 268 valence electrons. The molecule has 0 amide bonds. The van der Waals surface area contributed by atoms with E-state index in [0.29, 0.717) is 5.56 Å². The molecule has 3 aromatic carbocycles. The van der Waals surface area contributed by atoms with Gasteiger partial charge in [-0.2, -0.15) is 0 Å². The molecule has 0 unspecified atom stereocenters. The van der Waals surface area contributed by atoms with Gasteiger partial charge >= 0.3 is 23.9 Å². The summed E-state index contributed by atoms with van der Waals surface area (Å²) in [6.07, 6.45) is 0. The summed E-state index contributed by atoms with van der Waals surface area (Å²) in [5.74, 6) is -4.60. The van der Waals surface area contributed by atoms with Crippen molar-refractivity contribution in [1.29, 1.82) is 0 Å². The van der Waals surface area contributed by atoms with E-state index in [0.717, 1.165) is 6.07 Å². The van der Waals surface area contributed by atoms with E-state index in [1.807, 2.05) is 0 Å². The Labute approximate surface area is 294 Å². The van der Waals surface area contributed by atoms with Crippen molar-refractivity contribution in [2.75, 3.05) is 54.9 Å². The molecule has 0 fully saturated rings. The van der Waals surface area contributed by atoms with Gasteiger partial charge in [0.25, 0.3) is 0 Å². The summed E-state index contributed by atoms with van der Waals surface area (Å²) in [6.45, 7) is 14.1. The maximum atomic E-state index is 15.4. The zero-order valence-electron chi connectivity index (χ0n) is 28.6. The smallest absolute Gasteiger partial charge is 0.341 e. The van der Waals surface area contributed by atoms with E-state index in [2.05, 4.69) is 26.3 Å². The SMILES string of the molecule is C=C(COC)C(=O)Oc1ccc(-c2cc(OC(=O)C(=C)COC)c(-c3ccc(OC(=O)C(=C)COC)c(F)c3)cc2OC(=O)C(=C)COC)cc1. The molecule has 3 aromatic rings. The first kappa shape index (κ1) is 39.7. The summed E-state index contributed by atoms with van der Waals surface area (Å²) in [5, 5.41) is 0. The van der Waals surface area contributed by atoms with Crippen LogP contribution in [0.25, 0.3) is 22.3 Å². The third-order valence-electron chi connectivity index (χ3n) is 6.74. The van der Waals surface area contributed by atoms with Crippen LogP contribution >= 0.6 is 0 Å². The number of benzene rings is 3. The van der Waals surface area contributed by atoms with Crippen LogP contribution in [-0.2, 0) is 38.1 Å². The van der Waals surface area contributed by atoms with Crippen molar-refractivity contribution in [2.45, 2.75) is 0 Å². The summed E-state index contributed by atoms with van der Waals surface area (Å²) < 4.78 is 57.1. The van der Waals surface area contributed by atoms with E-state index in [9.17, 15) is 19.2 Å². The van der Waals surface area contributed by atoms with Crippen LogP contribution in [0.15, 0.2) is 103 Å². The molecule has 13 heteroatoms. The quantitative estimate of drug-likeness (QED) is 0.0926. The summed E-state index contributed by atoms with van der Waals surface area (Å²) in [7, 11) is 5.53. The van der Waals surface area contributed by atoms with Crippen molar-refractivity contribution >= 4 is 23.9 Å². The molecule has 0 aliphatic heterocycles. The van der Waals surface area contributed by atoms with Gasteiger partial charge in [0, 0.05) is 39.6 Å². The van der Waals surface area contributed by atoms with Crippen LogP contribution in [0.3, 0.4) is 0 Å². The predicted octanol–water partition coefficient (Wildman–Crippen LogP) is 5.59. The minimum Gasteiger partial charge on any atom is -0.423 e. The molecule has 0 saturated carbocycles. The molecule has 0 aliphatic rings. The number of methoxy groups -OCH3 is 4. The molecule has 12 nitrogen and oxygen atoms in total. The van der Waals surface area contributed by atoms with Crippen molar-refractivity contribution in [3.63, 3.8) is 0 Å². The third kappa shape index (κ3) is 10.9. The Morgan fingerprint density at radius 1 is 0.490 bits per heavy atom. The average molecular weight is 705 g/mol. The van der Waals surface area contributed by atoms with Crippen LogP contribution < -0.4 is 18.9 Å². The summed E-state index contributed by atoms with van der Waals surface area (Å²) in [4.78, 5) is 50.7.